The Morgan fingerprint density at radius 1 is 0.964 bits per heavy atom. The molecule has 2 atom stereocenters. The molecule has 1 aliphatic heterocycles. The van der Waals surface area contributed by atoms with Crippen molar-refractivity contribution in [3.63, 3.8) is 0 Å². The van der Waals surface area contributed by atoms with Gasteiger partial charge < -0.3 is 9.80 Å². The third-order valence-corrected chi connectivity index (χ3v) is 6.42. The number of halogens is 1. The van der Waals surface area contributed by atoms with Crippen LogP contribution >= 0.6 is 11.8 Å². The van der Waals surface area contributed by atoms with Gasteiger partial charge in [-0.05, 0) is 48.4 Å². The largest absolute Gasteiger partial charge is 0.339 e. The van der Waals surface area contributed by atoms with Crippen molar-refractivity contribution in [2.24, 2.45) is 5.92 Å². The number of rotatable bonds is 4. The quantitative estimate of drug-likeness (QED) is 0.739. The molecule has 1 saturated heterocycles. The molecule has 1 saturated carbocycles. The molecule has 1 aliphatic carbocycles. The van der Waals surface area contributed by atoms with Gasteiger partial charge in [0, 0.05) is 37.0 Å². The van der Waals surface area contributed by atoms with Crippen molar-refractivity contribution >= 4 is 23.6 Å². The van der Waals surface area contributed by atoms with Crippen molar-refractivity contribution in [1.82, 2.24) is 9.80 Å². The summed E-state index contributed by atoms with van der Waals surface area (Å²) in [5, 5.41) is 0. The fourth-order valence-corrected chi connectivity index (χ4v) is 4.49. The van der Waals surface area contributed by atoms with Crippen LogP contribution in [-0.4, -0.2) is 54.0 Å². The average molecular weight is 399 g/mol. The van der Waals surface area contributed by atoms with Gasteiger partial charge in [-0.1, -0.05) is 24.3 Å². The first-order valence-electron chi connectivity index (χ1n) is 9.55. The van der Waals surface area contributed by atoms with E-state index in [-0.39, 0.29) is 29.5 Å². The molecule has 28 heavy (non-hydrogen) atoms. The van der Waals surface area contributed by atoms with Crippen molar-refractivity contribution in [1.29, 1.82) is 0 Å². The van der Waals surface area contributed by atoms with E-state index in [4.69, 9.17) is 0 Å². The second kappa shape index (κ2) is 7.95. The van der Waals surface area contributed by atoms with E-state index >= 15 is 0 Å². The number of hydrogen-bond donors (Lipinski definition) is 0. The van der Waals surface area contributed by atoms with Crippen LogP contribution in [0.4, 0.5) is 4.39 Å². The molecule has 1 heterocycles. The van der Waals surface area contributed by atoms with E-state index in [1.807, 2.05) is 40.3 Å². The Hall–Kier alpha value is -2.34. The SMILES string of the molecule is CSc1ccccc1C(=O)N1CCN(C(=O)C2CC2c2ccc(F)cc2)CC1. The van der Waals surface area contributed by atoms with Gasteiger partial charge in [-0.15, -0.1) is 11.8 Å². The van der Waals surface area contributed by atoms with Crippen LogP contribution in [0.15, 0.2) is 53.4 Å². The summed E-state index contributed by atoms with van der Waals surface area (Å²) < 4.78 is 13.1. The van der Waals surface area contributed by atoms with Crippen LogP contribution in [0.3, 0.4) is 0 Å². The highest BCUT2D eigenvalue weighted by Crippen LogP contribution is 2.48. The number of carbonyl (C=O) groups is 2. The van der Waals surface area contributed by atoms with E-state index in [1.54, 1.807) is 23.9 Å². The molecule has 0 N–H and O–H groups in total. The van der Waals surface area contributed by atoms with Crippen molar-refractivity contribution in [3.8, 4) is 0 Å². The van der Waals surface area contributed by atoms with Crippen molar-refractivity contribution in [3.05, 3.63) is 65.5 Å². The van der Waals surface area contributed by atoms with E-state index in [2.05, 4.69) is 0 Å². The molecule has 2 aliphatic rings. The van der Waals surface area contributed by atoms with Crippen LogP contribution in [-0.2, 0) is 4.79 Å². The maximum Gasteiger partial charge on any atom is 0.255 e. The molecule has 6 heteroatoms. The van der Waals surface area contributed by atoms with Crippen LogP contribution in [0.1, 0.15) is 28.3 Å². The Morgan fingerprint density at radius 2 is 1.61 bits per heavy atom. The number of piperazine rings is 1. The van der Waals surface area contributed by atoms with Gasteiger partial charge in [0.15, 0.2) is 0 Å². The first kappa shape index (κ1) is 19.0. The van der Waals surface area contributed by atoms with Gasteiger partial charge >= 0.3 is 0 Å². The highest BCUT2D eigenvalue weighted by molar-refractivity contribution is 7.98. The van der Waals surface area contributed by atoms with Crippen LogP contribution in [0.2, 0.25) is 0 Å². The second-order valence-corrected chi connectivity index (χ2v) is 8.17. The minimum atomic E-state index is -0.254. The summed E-state index contributed by atoms with van der Waals surface area (Å²) in [6, 6.07) is 14.1. The zero-order valence-corrected chi connectivity index (χ0v) is 16.6. The predicted octanol–water partition coefficient (Wildman–Crippen LogP) is 3.64. The van der Waals surface area contributed by atoms with Crippen LogP contribution in [0.5, 0.6) is 0 Å². The van der Waals surface area contributed by atoms with Crippen LogP contribution in [0, 0.1) is 11.7 Å². The summed E-state index contributed by atoms with van der Waals surface area (Å²) in [4.78, 5) is 30.3. The molecule has 0 spiro atoms. The summed E-state index contributed by atoms with van der Waals surface area (Å²) in [5.41, 5.74) is 1.76. The maximum atomic E-state index is 13.1. The number of carbonyl (C=O) groups excluding carboxylic acids is 2. The van der Waals surface area contributed by atoms with Gasteiger partial charge in [0.25, 0.3) is 5.91 Å². The molecular weight excluding hydrogens is 375 g/mol. The van der Waals surface area contributed by atoms with Crippen LogP contribution in [0.25, 0.3) is 0 Å². The first-order valence-corrected chi connectivity index (χ1v) is 10.8. The molecule has 4 nitrogen and oxygen atoms in total. The molecule has 2 amide bonds. The molecule has 4 rings (SSSR count). The lowest BCUT2D eigenvalue weighted by Crippen LogP contribution is -2.51. The normalized spacial score (nSPS) is 21.5. The van der Waals surface area contributed by atoms with E-state index in [0.717, 1.165) is 22.4 Å². The van der Waals surface area contributed by atoms with Crippen molar-refractivity contribution in [2.75, 3.05) is 32.4 Å². The maximum absolute atomic E-state index is 13.1. The van der Waals surface area contributed by atoms with Gasteiger partial charge in [0.05, 0.1) is 5.56 Å². The number of nitrogens with zero attached hydrogens (tertiary/aromatic N) is 2. The third-order valence-electron chi connectivity index (χ3n) is 5.62. The lowest BCUT2D eigenvalue weighted by atomic mass is 10.1. The topological polar surface area (TPSA) is 40.6 Å². The molecule has 0 aromatic heterocycles. The highest BCUT2D eigenvalue weighted by atomic mass is 32.2. The molecular formula is C22H23FN2O2S. The molecule has 2 fully saturated rings. The lowest BCUT2D eigenvalue weighted by molar-refractivity contribution is -0.134. The van der Waals surface area contributed by atoms with Gasteiger partial charge in [-0.2, -0.15) is 0 Å². The smallest absolute Gasteiger partial charge is 0.255 e. The lowest BCUT2D eigenvalue weighted by Gasteiger charge is -2.35. The molecule has 0 radical (unpaired) electrons. The highest BCUT2D eigenvalue weighted by Gasteiger charge is 2.46. The van der Waals surface area contributed by atoms with E-state index in [1.165, 1.54) is 12.1 Å². The zero-order chi connectivity index (χ0) is 19.7. The molecule has 2 aromatic rings. The standard InChI is InChI=1S/C22H23FN2O2S/c1-28-20-5-3-2-4-17(20)21(26)24-10-12-25(13-11-24)22(27)19-14-18(19)15-6-8-16(23)9-7-15/h2-9,18-19H,10-14H2,1H3. The van der Waals surface area contributed by atoms with Gasteiger partial charge in [-0.3, -0.25) is 9.59 Å². The second-order valence-electron chi connectivity index (χ2n) is 7.32. The van der Waals surface area contributed by atoms with Gasteiger partial charge in [-0.25, -0.2) is 4.39 Å². The first-order chi connectivity index (χ1) is 13.6. The minimum absolute atomic E-state index is 0.00932. The van der Waals surface area contributed by atoms with E-state index in [9.17, 15) is 14.0 Å². The van der Waals surface area contributed by atoms with Crippen molar-refractivity contribution in [2.45, 2.75) is 17.2 Å². The number of thioether (sulfide) groups is 1. The number of benzene rings is 2. The zero-order valence-electron chi connectivity index (χ0n) is 15.8. The molecule has 146 valence electrons. The van der Waals surface area contributed by atoms with E-state index in [0.29, 0.717) is 26.2 Å². The summed E-state index contributed by atoms with van der Waals surface area (Å²) in [6.45, 7) is 2.25. The summed E-state index contributed by atoms with van der Waals surface area (Å²) in [5.74, 6) is 0.126. The summed E-state index contributed by atoms with van der Waals surface area (Å²) in [7, 11) is 0. The van der Waals surface area contributed by atoms with Crippen LogP contribution < -0.4 is 0 Å². The monoisotopic (exact) mass is 398 g/mol. The number of amides is 2. The Labute approximate surface area is 168 Å². The van der Waals surface area contributed by atoms with Crippen molar-refractivity contribution < 1.29 is 14.0 Å². The average Bonchev–Trinajstić information content (AvgIpc) is 3.54. The van der Waals surface area contributed by atoms with Gasteiger partial charge in [0.2, 0.25) is 5.91 Å². The molecule has 2 unspecified atom stereocenters. The molecule has 0 bridgehead atoms. The predicted molar refractivity (Wildman–Crippen MR) is 108 cm³/mol. The summed E-state index contributed by atoms with van der Waals surface area (Å²) >= 11 is 1.57. The Balaban J connectivity index is 1.34. The fraction of sp³-hybridized carbons (Fsp3) is 0.364. The fourth-order valence-electron chi connectivity index (χ4n) is 3.90. The minimum Gasteiger partial charge on any atom is -0.339 e. The third kappa shape index (κ3) is 3.78. The van der Waals surface area contributed by atoms with E-state index < -0.39 is 0 Å². The van der Waals surface area contributed by atoms with Gasteiger partial charge in [0.1, 0.15) is 5.82 Å². The Bertz CT molecular complexity index is 878. The molecule has 2 aromatic carbocycles. The Morgan fingerprint density at radius 3 is 2.29 bits per heavy atom. The summed E-state index contributed by atoms with van der Waals surface area (Å²) in [6.07, 6.45) is 2.79. The Kier molecular flexibility index (Phi) is 5.40. The number of hydrogen-bond acceptors (Lipinski definition) is 3.